The molecule has 1 aromatic rings. The Kier molecular flexibility index (Phi) is 5.19. The van der Waals surface area contributed by atoms with Crippen molar-refractivity contribution in [3.8, 4) is 0 Å². The topological polar surface area (TPSA) is 24.5 Å². The third kappa shape index (κ3) is 3.60. The molecular weight excluding hydrogens is 248 g/mol. The fourth-order valence-electron chi connectivity index (χ4n) is 3.12. The van der Waals surface area contributed by atoms with Crippen molar-refractivity contribution >= 4 is 0 Å². The van der Waals surface area contributed by atoms with Crippen molar-refractivity contribution in [2.75, 3.05) is 33.3 Å². The number of ether oxygens (including phenoxy) is 1. The van der Waals surface area contributed by atoms with Gasteiger partial charge in [0.2, 0.25) is 0 Å². The summed E-state index contributed by atoms with van der Waals surface area (Å²) in [5.41, 5.74) is 1.53. The van der Waals surface area contributed by atoms with Crippen molar-refractivity contribution < 1.29 is 4.74 Å². The molecular formula is C17H28N2O. The molecule has 1 saturated heterocycles. The van der Waals surface area contributed by atoms with E-state index < -0.39 is 0 Å². The van der Waals surface area contributed by atoms with Crippen LogP contribution < -0.4 is 5.32 Å². The first-order chi connectivity index (χ1) is 9.55. The van der Waals surface area contributed by atoms with Crippen molar-refractivity contribution in [1.82, 2.24) is 10.2 Å². The summed E-state index contributed by atoms with van der Waals surface area (Å²) in [5, 5.41) is 3.36. The van der Waals surface area contributed by atoms with E-state index in [0.717, 1.165) is 26.2 Å². The number of likely N-dealkylation sites (N-methyl/N-ethyl adjacent to an activating group) is 1. The van der Waals surface area contributed by atoms with E-state index in [9.17, 15) is 0 Å². The molecule has 1 aromatic carbocycles. The molecule has 0 bridgehead atoms. The van der Waals surface area contributed by atoms with Crippen molar-refractivity contribution in [2.45, 2.75) is 38.3 Å². The van der Waals surface area contributed by atoms with E-state index in [1.807, 2.05) is 7.05 Å². The van der Waals surface area contributed by atoms with Crippen LogP contribution in [0.2, 0.25) is 0 Å². The van der Waals surface area contributed by atoms with Gasteiger partial charge in [-0.15, -0.1) is 0 Å². The quantitative estimate of drug-likeness (QED) is 0.893. The summed E-state index contributed by atoms with van der Waals surface area (Å²) in [6.07, 6.45) is 0.334. The normalized spacial score (nSPS) is 27.2. The summed E-state index contributed by atoms with van der Waals surface area (Å²) in [5.74, 6) is 0. The molecule has 1 aliphatic rings. The van der Waals surface area contributed by atoms with E-state index >= 15 is 0 Å². The van der Waals surface area contributed by atoms with Crippen LogP contribution in [0.15, 0.2) is 30.3 Å². The van der Waals surface area contributed by atoms with Crippen molar-refractivity contribution in [3.05, 3.63) is 35.9 Å². The number of morpholine rings is 1. The van der Waals surface area contributed by atoms with E-state index in [1.54, 1.807) is 0 Å². The number of benzene rings is 1. The third-order valence-electron chi connectivity index (χ3n) is 4.33. The van der Waals surface area contributed by atoms with Gasteiger partial charge in [-0.1, -0.05) is 37.3 Å². The monoisotopic (exact) mass is 276 g/mol. The van der Waals surface area contributed by atoms with Gasteiger partial charge in [0, 0.05) is 31.1 Å². The minimum atomic E-state index is 0.126. The molecule has 0 saturated carbocycles. The first-order valence-corrected chi connectivity index (χ1v) is 7.61. The van der Waals surface area contributed by atoms with E-state index in [2.05, 4.69) is 61.3 Å². The lowest BCUT2D eigenvalue weighted by Gasteiger charge is -2.42. The zero-order chi connectivity index (χ0) is 14.6. The minimum Gasteiger partial charge on any atom is -0.376 e. The van der Waals surface area contributed by atoms with Crippen LogP contribution in [0.25, 0.3) is 0 Å². The van der Waals surface area contributed by atoms with Gasteiger partial charge in [0.15, 0.2) is 0 Å². The first kappa shape index (κ1) is 15.5. The minimum absolute atomic E-state index is 0.126. The molecule has 0 aromatic heterocycles. The number of nitrogens with one attached hydrogen (secondary N) is 1. The zero-order valence-electron chi connectivity index (χ0n) is 13.2. The van der Waals surface area contributed by atoms with Gasteiger partial charge in [-0.3, -0.25) is 4.90 Å². The molecule has 0 radical (unpaired) electrons. The highest BCUT2D eigenvalue weighted by Gasteiger charge is 2.33. The molecule has 3 heteroatoms. The summed E-state index contributed by atoms with van der Waals surface area (Å²) < 4.78 is 5.74. The largest absolute Gasteiger partial charge is 0.376 e. The summed E-state index contributed by atoms with van der Waals surface area (Å²) in [7, 11) is 2.03. The van der Waals surface area contributed by atoms with Crippen LogP contribution in [-0.4, -0.2) is 50.3 Å². The number of nitrogens with zero attached hydrogens (tertiary/aromatic N) is 1. The molecule has 1 fully saturated rings. The average molecular weight is 276 g/mol. The molecule has 1 heterocycles. The van der Waals surface area contributed by atoms with Crippen LogP contribution >= 0.6 is 0 Å². The Morgan fingerprint density at radius 1 is 1.30 bits per heavy atom. The second-order valence-corrected chi connectivity index (χ2v) is 6.38. The highest BCUT2D eigenvalue weighted by Crippen LogP contribution is 2.26. The lowest BCUT2D eigenvalue weighted by Crippen LogP contribution is -2.53. The molecule has 0 spiro atoms. The van der Waals surface area contributed by atoms with Gasteiger partial charge in [-0.05, 0) is 26.5 Å². The van der Waals surface area contributed by atoms with Crippen LogP contribution in [0.5, 0.6) is 0 Å². The molecule has 20 heavy (non-hydrogen) atoms. The smallest absolute Gasteiger partial charge is 0.0674 e. The highest BCUT2D eigenvalue weighted by molar-refractivity contribution is 5.25. The predicted octanol–water partition coefficient (Wildman–Crippen LogP) is 2.27. The van der Waals surface area contributed by atoms with Crippen molar-refractivity contribution in [3.63, 3.8) is 0 Å². The number of rotatable bonds is 5. The highest BCUT2D eigenvalue weighted by atomic mass is 16.5. The molecule has 2 rings (SSSR count). The molecule has 3 nitrogen and oxygen atoms in total. The van der Waals surface area contributed by atoms with Crippen LogP contribution in [-0.2, 0) is 10.2 Å². The predicted molar refractivity (Wildman–Crippen MR) is 84.2 cm³/mol. The Bertz CT molecular complexity index is 409. The molecule has 1 N–H and O–H groups in total. The molecule has 112 valence electrons. The number of hydrogen-bond acceptors (Lipinski definition) is 3. The van der Waals surface area contributed by atoms with Gasteiger partial charge in [0.25, 0.3) is 0 Å². The second-order valence-electron chi connectivity index (χ2n) is 6.38. The van der Waals surface area contributed by atoms with Gasteiger partial charge < -0.3 is 10.1 Å². The maximum Gasteiger partial charge on any atom is 0.0674 e. The maximum atomic E-state index is 5.74. The third-order valence-corrected chi connectivity index (χ3v) is 4.33. The van der Waals surface area contributed by atoms with Crippen LogP contribution in [0.3, 0.4) is 0 Å². The number of hydrogen-bond donors (Lipinski definition) is 1. The van der Waals surface area contributed by atoms with Gasteiger partial charge in [0.1, 0.15) is 0 Å². The van der Waals surface area contributed by atoms with Crippen molar-refractivity contribution in [1.29, 1.82) is 0 Å². The Labute approximate surface area is 123 Å². The molecule has 0 amide bonds. The van der Waals surface area contributed by atoms with Gasteiger partial charge in [0.05, 0.1) is 12.7 Å². The molecule has 0 aliphatic carbocycles. The van der Waals surface area contributed by atoms with E-state index in [-0.39, 0.29) is 5.41 Å². The first-order valence-electron chi connectivity index (χ1n) is 7.61. The van der Waals surface area contributed by atoms with Crippen LogP contribution in [0.4, 0.5) is 0 Å². The average Bonchev–Trinajstić information content (AvgIpc) is 2.44. The zero-order valence-corrected chi connectivity index (χ0v) is 13.2. The standard InChI is InChI=1S/C17H28N2O/c1-14-11-20-15(2)10-19(14)13-17(3,12-18-4)16-8-6-5-7-9-16/h5-9,14-15,18H,10-13H2,1-4H3. The van der Waals surface area contributed by atoms with Gasteiger partial charge in [-0.25, -0.2) is 0 Å². The van der Waals surface area contributed by atoms with E-state index in [1.165, 1.54) is 5.56 Å². The maximum absolute atomic E-state index is 5.74. The summed E-state index contributed by atoms with van der Waals surface area (Å²) in [4.78, 5) is 2.57. The lowest BCUT2D eigenvalue weighted by atomic mass is 9.81. The van der Waals surface area contributed by atoms with E-state index in [4.69, 9.17) is 4.74 Å². The molecule has 3 atom stereocenters. The molecule has 1 aliphatic heterocycles. The summed E-state index contributed by atoms with van der Waals surface area (Å²) in [6, 6.07) is 11.3. The summed E-state index contributed by atoms with van der Waals surface area (Å²) in [6.45, 7) is 10.7. The Morgan fingerprint density at radius 3 is 2.65 bits per heavy atom. The Morgan fingerprint density at radius 2 is 2.00 bits per heavy atom. The van der Waals surface area contributed by atoms with Gasteiger partial charge in [-0.2, -0.15) is 0 Å². The van der Waals surface area contributed by atoms with Crippen LogP contribution in [0, 0.1) is 0 Å². The lowest BCUT2D eigenvalue weighted by molar-refractivity contribution is -0.0556. The summed E-state index contributed by atoms with van der Waals surface area (Å²) >= 11 is 0. The Balaban J connectivity index is 2.16. The van der Waals surface area contributed by atoms with Gasteiger partial charge >= 0.3 is 0 Å². The SMILES string of the molecule is CNCC(C)(CN1CC(C)OCC1C)c1ccccc1. The Hall–Kier alpha value is -0.900. The fraction of sp³-hybridized carbons (Fsp3) is 0.647. The van der Waals surface area contributed by atoms with Crippen molar-refractivity contribution in [2.24, 2.45) is 0 Å². The van der Waals surface area contributed by atoms with Crippen LogP contribution in [0.1, 0.15) is 26.3 Å². The second kappa shape index (κ2) is 6.70. The molecule has 3 unspecified atom stereocenters. The fourth-order valence-corrected chi connectivity index (χ4v) is 3.12. The van der Waals surface area contributed by atoms with E-state index in [0.29, 0.717) is 12.1 Å².